The molecule has 7 heteroatoms. The van der Waals surface area contributed by atoms with E-state index < -0.39 is 30.6 Å². The zero-order valence-corrected chi connectivity index (χ0v) is 9.40. The van der Waals surface area contributed by atoms with Gasteiger partial charge in [-0.05, 0) is 13.3 Å². The molecule has 0 heterocycles. The fourth-order valence-corrected chi connectivity index (χ4v) is 0.923. The highest BCUT2D eigenvalue weighted by atomic mass is 19.4. The van der Waals surface area contributed by atoms with Crippen LogP contribution < -0.4 is 0 Å². The largest absolute Gasteiger partial charge is 0.459 e. The average Bonchev–Trinajstić information content (AvgIpc) is 2.14. The maximum Gasteiger partial charge on any atom is 0.453 e. The molecule has 2 nitrogen and oxygen atoms in total. The number of carbonyl (C=O) groups excluding carboxylic acids is 1. The third-order valence-electron chi connectivity index (χ3n) is 1.98. The number of esters is 1. The SMILES string of the molecule is C=C(C)C(=O)OC(CC)CC(F)(F)C(F)(F)F. The molecule has 0 amide bonds. The summed E-state index contributed by atoms with van der Waals surface area (Å²) in [7, 11) is 0. The van der Waals surface area contributed by atoms with Crippen LogP contribution in [0.25, 0.3) is 0 Å². The molecule has 0 bridgehead atoms. The highest BCUT2D eigenvalue weighted by Gasteiger charge is 2.58. The molecule has 0 saturated carbocycles. The molecule has 0 radical (unpaired) electrons. The first kappa shape index (κ1) is 15.9. The summed E-state index contributed by atoms with van der Waals surface area (Å²) in [4.78, 5) is 11.0. The Hall–Kier alpha value is -1.14. The van der Waals surface area contributed by atoms with E-state index in [2.05, 4.69) is 11.3 Å². The van der Waals surface area contributed by atoms with Crippen molar-refractivity contribution in [1.29, 1.82) is 0 Å². The van der Waals surface area contributed by atoms with Crippen molar-refractivity contribution in [3.8, 4) is 0 Å². The van der Waals surface area contributed by atoms with Crippen molar-refractivity contribution in [2.24, 2.45) is 0 Å². The van der Waals surface area contributed by atoms with E-state index in [0.29, 0.717) is 0 Å². The quantitative estimate of drug-likeness (QED) is 0.430. The molecule has 1 atom stereocenters. The van der Waals surface area contributed by atoms with Crippen LogP contribution in [0, 0.1) is 0 Å². The van der Waals surface area contributed by atoms with Gasteiger partial charge in [-0.15, -0.1) is 0 Å². The predicted octanol–water partition coefficient (Wildman–Crippen LogP) is 3.47. The smallest absolute Gasteiger partial charge is 0.453 e. The molecular weight excluding hydrogens is 247 g/mol. The first-order chi connectivity index (χ1) is 7.51. The lowest BCUT2D eigenvalue weighted by molar-refractivity contribution is -0.290. The maximum atomic E-state index is 12.7. The fourth-order valence-electron chi connectivity index (χ4n) is 0.923. The molecule has 1 unspecified atom stereocenters. The molecule has 0 aromatic carbocycles. The number of hydrogen-bond donors (Lipinski definition) is 0. The lowest BCUT2D eigenvalue weighted by Gasteiger charge is -2.24. The van der Waals surface area contributed by atoms with Crippen LogP contribution in [0.4, 0.5) is 22.0 Å². The molecular formula is C10H13F5O2. The number of carbonyl (C=O) groups is 1. The van der Waals surface area contributed by atoms with Gasteiger partial charge in [0.2, 0.25) is 0 Å². The fraction of sp³-hybridized carbons (Fsp3) is 0.700. The zero-order valence-electron chi connectivity index (χ0n) is 9.40. The van der Waals surface area contributed by atoms with E-state index >= 15 is 0 Å². The second-order valence-corrected chi connectivity index (χ2v) is 3.62. The Morgan fingerprint density at radius 3 is 2.06 bits per heavy atom. The Labute approximate surface area is 95.4 Å². The Kier molecular flexibility index (Phi) is 5.10. The van der Waals surface area contributed by atoms with Crippen molar-refractivity contribution in [2.45, 2.75) is 44.9 Å². The summed E-state index contributed by atoms with van der Waals surface area (Å²) in [5.41, 5.74) is -0.0567. The summed E-state index contributed by atoms with van der Waals surface area (Å²) in [6, 6.07) is 0. The van der Waals surface area contributed by atoms with Crippen molar-refractivity contribution in [3.05, 3.63) is 12.2 Å². The minimum Gasteiger partial charge on any atom is -0.459 e. The van der Waals surface area contributed by atoms with Crippen LogP contribution in [0.3, 0.4) is 0 Å². The number of ether oxygens (including phenoxy) is 1. The van der Waals surface area contributed by atoms with Crippen LogP contribution in [-0.4, -0.2) is 24.2 Å². The van der Waals surface area contributed by atoms with Gasteiger partial charge in [0, 0.05) is 5.57 Å². The van der Waals surface area contributed by atoms with Crippen molar-refractivity contribution in [2.75, 3.05) is 0 Å². The summed E-state index contributed by atoms with van der Waals surface area (Å²) in [6.45, 7) is 5.83. The molecule has 0 aliphatic carbocycles. The minimum atomic E-state index is -5.64. The third kappa shape index (κ3) is 4.70. The van der Waals surface area contributed by atoms with Gasteiger partial charge in [-0.2, -0.15) is 22.0 Å². The third-order valence-corrected chi connectivity index (χ3v) is 1.98. The zero-order chi connectivity index (χ0) is 13.9. The second kappa shape index (κ2) is 5.46. The number of hydrogen-bond acceptors (Lipinski definition) is 2. The summed E-state index contributed by atoms with van der Waals surface area (Å²) in [5, 5.41) is 0. The molecule has 0 aliphatic rings. The van der Waals surface area contributed by atoms with Gasteiger partial charge < -0.3 is 4.74 Å². The van der Waals surface area contributed by atoms with Crippen LogP contribution >= 0.6 is 0 Å². The van der Waals surface area contributed by atoms with Gasteiger partial charge >= 0.3 is 18.1 Å². The molecule has 0 aliphatic heterocycles. The summed E-state index contributed by atoms with van der Waals surface area (Å²) in [5.74, 6) is -5.85. The highest BCUT2D eigenvalue weighted by molar-refractivity contribution is 5.87. The maximum absolute atomic E-state index is 12.7. The number of alkyl halides is 5. The molecule has 0 aromatic rings. The Morgan fingerprint density at radius 1 is 1.29 bits per heavy atom. The lowest BCUT2D eigenvalue weighted by Crippen LogP contribution is -2.40. The molecule has 100 valence electrons. The Bertz CT molecular complexity index is 296. The van der Waals surface area contributed by atoms with Gasteiger partial charge in [0.25, 0.3) is 0 Å². The summed E-state index contributed by atoms with van der Waals surface area (Å²) in [6.07, 6.45) is -8.84. The van der Waals surface area contributed by atoms with Crippen molar-refractivity contribution in [3.63, 3.8) is 0 Å². The highest BCUT2D eigenvalue weighted by Crippen LogP contribution is 2.39. The van der Waals surface area contributed by atoms with E-state index in [0.717, 1.165) is 0 Å². The summed E-state index contributed by atoms with van der Waals surface area (Å²) < 4.78 is 65.6. The van der Waals surface area contributed by atoms with E-state index in [1.165, 1.54) is 13.8 Å². The first-order valence-corrected chi connectivity index (χ1v) is 4.82. The van der Waals surface area contributed by atoms with Gasteiger partial charge in [0.15, 0.2) is 0 Å². The van der Waals surface area contributed by atoms with E-state index in [1.54, 1.807) is 0 Å². The van der Waals surface area contributed by atoms with Crippen LogP contribution in [-0.2, 0) is 9.53 Å². The van der Waals surface area contributed by atoms with E-state index in [9.17, 15) is 26.7 Å². The molecule has 17 heavy (non-hydrogen) atoms. The lowest BCUT2D eigenvalue weighted by atomic mass is 10.1. The average molecular weight is 260 g/mol. The normalized spacial score (nSPS) is 14.3. The Balaban J connectivity index is 4.62. The van der Waals surface area contributed by atoms with Gasteiger partial charge in [-0.1, -0.05) is 13.5 Å². The monoisotopic (exact) mass is 260 g/mol. The van der Waals surface area contributed by atoms with Crippen molar-refractivity contribution < 1.29 is 31.5 Å². The molecule has 0 spiro atoms. The molecule has 0 aromatic heterocycles. The van der Waals surface area contributed by atoms with Crippen LogP contribution in [0.1, 0.15) is 26.7 Å². The van der Waals surface area contributed by atoms with Crippen LogP contribution in [0.2, 0.25) is 0 Å². The van der Waals surface area contributed by atoms with Gasteiger partial charge in [0.1, 0.15) is 6.10 Å². The predicted molar refractivity (Wildman–Crippen MR) is 50.6 cm³/mol. The topological polar surface area (TPSA) is 26.3 Å². The van der Waals surface area contributed by atoms with E-state index in [4.69, 9.17) is 0 Å². The van der Waals surface area contributed by atoms with E-state index in [-0.39, 0.29) is 12.0 Å². The van der Waals surface area contributed by atoms with Crippen molar-refractivity contribution >= 4 is 5.97 Å². The molecule has 0 fully saturated rings. The second-order valence-electron chi connectivity index (χ2n) is 3.62. The van der Waals surface area contributed by atoms with Crippen molar-refractivity contribution in [1.82, 2.24) is 0 Å². The van der Waals surface area contributed by atoms with Gasteiger partial charge in [0.05, 0.1) is 6.42 Å². The standard InChI is InChI=1S/C10H13F5O2/c1-4-7(17-8(16)6(2)3)5-9(11,12)10(13,14)15/h7H,2,4-5H2,1,3H3. The molecule has 0 rings (SSSR count). The van der Waals surface area contributed by atoms with E-state index in [1.807, 2.05) is 0 Å². The number of halogens is 5. The first-order valence-electron chi connectivity index (χ1n) is 4.82. The molecule has 0 N–H and O–H groups in total. The van der Waals surface area contributed by atoms with Gasteiger partial charge in [-0.25, -0.2) is 4.79 Å². The Morgan fingerprint density at radius 2 is 1.76 bits per heavy atom. The summed E-state index contributed by atoms with van der Waals surface area (Å²) >= 11 is 0. The van der Waals surface area contributed by atoms with Gasteiger partial charge in [-0.3, -0.25) is 0 Å². The molecule has 0 saturated heterocycles. The van der Waals surface area contributed by atoms with Crippen LogP contribution in [0.15, 0.2) is 12.2 Å². The number of rotatable bonds is 5. The van der Waals surface area contributed by atoms with Crippen LogP contribution in [0.5, 0.6) is 0 Å². The minimum absolute atomic E-state index is 0.0567.